The van der Waals surface area contributed by atoms with Crippen molar-refractivity contribution in [3.63, 3.8) is 0 Å². The average Bonchev–Trinajstić information content (AvgIpc) is 3.82. The molecule has 0 fully saturated rings. The van der Waals surface area contributed by atoms with E-state index in [0.29, 0.717) is 17.5 Å². The van der Waals surface area contributed by atoms with Gasteiger partial charge in [0.25, 0.3) is 0 Å². The van der Waals surface area contributed by atoms with Crippen LogP contribution in [0.1, 0.15) is 0 Å². The van der Waals surface area contributed by atoms with Gasteiger partial charge in [-0.1, -0.05) is 146 Å². The molecule has 0 saturated heterocycles. The highest BCUT2D eigenvalue weighted by Gasteiger charge is 2.22. The minimum Gasteiger partial charge on any atom is -0.309 e. The van der Waals surface area contributed by atoms with Crippen LogP contribution in [0.15, 0.2) is 200 Å². The molecule has 3 heterocycles. The molecule has 270 valence electrons. The summed E-state index contributed by atoms with van der Waals surface area (Å²) >= 11 is 0. The quantitative estimate of drug-likeness (QED) is 0.177. The van der Waals surface area contributed by atoms with Crippen molar-refractivity contribution in [2.24, 2.45) is 0 Å². The van der Waals surface area contributed by atoms with E-state index >= 15 is 0 Å². The molecule has 5 nitrogen and oxygen atoms in total. The fourth-order valence-corrected chi connectivity index (χ4v) is 8.91. The summed E-state index contributed by atoms with van der Waals surface area (Å²) in [5.41, 5.74) is 9.87. The first kappa shape index (κ1) is 32.4. The minimum absolute atomic E-state index is 0.646. The lowest BCUT2D eigenvalue weighted by Gasteiger charge is -2.11. The Morgan fingerprint density at radius 2 is 0.759 bits per heavy atom. The second-order valence-electron chi connectivity index (χ2n) is 14.8. The van der Waals surface area contributed by atoms with Crippen LogP contribution in [0.2, 0.25) is 0 Å². The van der Waals surface area contributed by atoms with Crippen LogP contribution in [0.3, 0.4) is 0 Å². The molecule has 0 unspecified atom stereocenters. The van der Waals surface area contributed by atoms with E-state index in [1.807, 2.05) is 60.7 Å². The van der Waals surface area contributed by atoms with Crippen molar-refractivity contribution in [3.05, 3.63) is 200 Å². The Balaban J connectivity index is 1.06. The maximum absolute atomic E-state index is 4.99. The van der Waals surface area contributed by atoms with Crippen LogP contribution in [-0.2, 0) is 0 Å². The van der Waals surface area contributed by atoms with Crippen molar-refractivity contribution in [1.82, 2.24) is 24.1 Å². The highest BCUT2D eigenvalue weighted by Crippen LogP contribution is 2.44. The maximum atomic E-state index is 4.99. The molecule has 12 aromatic rings. The molecule has 0 radical (unpaired) electrons. The minimum atomic E-state index is 0.646. The van der Waals surface area contributed by atoms with Gasteiger partial charge in [-0.15, -0.1) is 0 Å². The standard InChI is InChI=1S/C53H33N5/c1-4-15-35(16-5-1)51-54-52(36-17-6-2-7-18-36)56-53(55-51)39-25-24-38-33-41(28-26-37(38)32-39)58-44-23-13-12-22-43(44)49-46(58)30-31-47-50(49)48-42-21-11-10-14-34(42)27-29-45(48)57(47)40-19-8-3-9-20-40/h1-33H. The third-order valence-electron chi connectivity index (χ3n) is 11.5. The fourth-order valence-electron chi connectivity index (χ4n) is 8.91. The summed E-state index contributed by atoms with van der Waals surface area (Å²) in [6.07, 6.45) is 0. The lowest BCUT2D eigenvalue weighted by Crippen LogP contribution is -2.00. The van der Waals surface area contributed by atoms with E-state index in [-0.39, 0.29) is 0 Å². The first-order valence-corrected chi connectivity index (χ1v) is 19.6. The molecule has 0 aliphatic carbocycles. The SMILES string of the molecule is c1ccc(-c2nc(-c3ccccc3)nc(-c3ccc4cc(-n5c6ccccc6c6c7c8c9ccccc9ccc8n(-c8ccccc8)c7ccc65)ccc4c3)n2)cc1. The summed E-state index contributed by atoms with van der Waals surface area (Å²) < 4.78 is 4.85. The summed E-state index contributed by atoms with van der Waals surface area (Å²) in [5, 5.41) is 9.80. The Bertz CT molecular complexity index is 3490. The monoisotopic (exact) mass is 739 g/mol. The van der Waals surface area contributed by atoms with Crippen LogP contribution in [0.5, 0.6) is 0 Å². The van der Waals surface area contributed by atoms with Crippen molar-refractivity contribution in [2.45, 2.75) is 0 Å². The van der Waals surface area contributed by atoms with E-state index in [9.17, 15) is 0 Å². The fraction of sp³-hybridized carbons (Fsp3) is 0. The predicted molar refractivity (Wildman–Crippen MR) is 240 cm³/mol. The second-order valence-corrected chi connectivity index (χ2v) is 14.8. The van der Waals surface area contributed by atoms with Gasteiger partial charge < -0.3 is 9.13 Å². The number of hydrogen-bond donors (Lipinski definition) is 0. The third kappa shape index (κ3) is 5.00. The van der Waals surface area contributed by atoms with Gasteiger partial charge >= 0.3 is 0 Å². The third-order valence-corrected chi connectivity index (χ3v) is 11.5. The zero-order chi connectivity index (χ0) is 38.2. The van der Waals surface area contributed by atoms with Gasteiger partial charge in [-0.3, -0.25) is 0 Å². The Kier molecular flexibility index (Phi) is 7.16. The van der Waals surface area contributed by atoms with Crippen LogP contribution in [0.4, 0.5) is 0 Å². The lowest BCUT2D eigenvalue weighted by molar-refractivity contribution is 1.07. The number of aromatic nitrogens is 5. The van der Waals surface area contributed by atoms with Crippen molar-refractivity contribution in [3.8, 4) is 45.5 Å². The van der Waals surface area contributed by atoms with Crippen LogP contribution in [-0.4, -0.2) is 24.1 Å². The second kappa shape index (κ2) is 12.8. The summed E-state index contributed by atoms with van der Waals surface area (Å²) in [4.78, 5) is 14.9. The van der Waals surface area contributed by atoms with E-state index < -0.39 is 0 Å². The molecule has 0 aliphatic rings. The number of hydrogen-bond acceptors (Lipinski definition) is 3. The smallest absolute Gasteiger partial charge is 0.164 e. The average molecular weight is 740 g/mol. The van der Waals surface area contributed by atoms with Gasteiger partial charge in [0, 0.05) is 49.6 Å². The summed E-state index contributed by atoms with van der Waals surface area (Å²) in [6, 6.07) is 71.0. The number of fused-ring (bicyclic) bond motifs is 10. The number of nitrogens with zero attached hydrogens (tertiary/aromatic N) is 5. The highest BCUT2D eigenvalue weighted by atomic mass is 15.0. The predicted octanol–water partition coefficient (Wildman–Crippen LogP) is 13.4. The molecule has 0 N–H and O–H groups in total. The largest absolute Gasteiger partial charge is 0.309 e. The molecule has 9 aromatic carbocycles. The number of benzene rings is 9. The van der Waals surface area contributed by atoms with Gasteiger partial charge in [-0.25, -0.2) is 15.0 Å². The molecule has 0 atom stereocenters. The number of para-hydroxylation sites is 2. The first-order chi connectivity index (χ1) is 28.8. The lowest BCUT2D eigenvalue weighted by atomic mass is 10.0. The van der Waals surface area contributed by atoms with Crippen molar-refractivity contribution in [2.75, 3.05) is 0 Å². The van der Waals surface area contributed by atoms with Crippen LogP contribution in [0.25, 0.3) is 111 Å². The molecule has 3 aromatic heterocycles. The van der Waals surface area contributed by atoms with E-state index in [1.54, 1.807) is 0 Å². The van der Waals surface area contributed by atoms with Crippen LogP contribution in [0, 0.1) is 0 Å². The van der Waals surface area contributed by atoms with Crippen LogP contribution < -0.4 is 0 Å². The van der Waals surface area contributed by atoms with E-state index in [1.165, 1.54) is 54.4 Å². The molecular formula is C53H33N5. The zero-order valence-electron chi connectivity index (χ0n) is 31.3. The molecule has 0 spiro atoms. The molecule has 12 rings (SSSR count). The first-order valence-electron chi connectivity index (χ1n) is 19.6. The summed E-state index contributed by atoms with van der Waals surface area (Å²) in [7, 11) is 0. The zero-order valence-corrected chi connectivity index (χ0v) is 31.3. The molecule has 0 aliphatic heterocycles. The van der Waals surface area contributed by atoms with Gasteiger partial charge in [0.2, 0.25) is 0 Å². The van der Waals surface area contributed by atoms with Crippen molar-refractivity contribution >= 4 is 65.2 Å². The molecule has 0 saturated carbocycles. The Morgan fingerprint density at radius 1 is 0.276 bits per heavy atom. The Labute approximate surface area is 333 Å². The molecular weight excluding hydrogens is 707 g/mol. The number of rotatable bonds is 5. The highest BCUT2D eigenvalue weighted by molar-refractivity contribution is 6.33. The Morgan fingerprint density at radius 3 is 1.47 bits per heavy atom. The van der Waals surface area contributed by atoms with Gasteiger partial charge in [0.1, 0.15) is 0 Å². The maximum Gasteiger partial charge on any atom is 0.164 e. The molecule has 58 heavy (non-hydrogen) atoms. The molecule has 0 amide bonds. The van der Waals surface area contributed by atoms with Gasteiger partial charge in [0.15, 0.2) is 17.5 Å². The topological polar surface area (TPSA) is 48.5 Å². The van der Waals surface area contributed by atoms with Gasteiger partial charge in [0.05, 0.1) is 22.1 Å². The normalized spacial score (nSPS) is 11.8. The van der Waals surface area contributed by atoms with E-state index in [0.717, 1.165) is 38.8 Å². The van der Waals surface area contributed by atoms with Gasteiger partial charge in [-0.05, 0) is 76.1 Å². The van der Waals surface area contributed by atoms with Crippen LogP contribution >= 0.6 is 0 Å². The van der Waals surface area contributed by atoms with Crippen molar-refractivity contribution in [1.29, 1.82) is 0 Å². The Hall–Kier alpha value is -7.89. The van der Waals surface area contributed by atoms with E-state index in [2.05, 4.69) is 149 Å². The summed E-state index contributed by atoms with van der Waals surface area (Å²) in [6.45, 7) is 0. The van der Waals surface area contributed by atoms with E-state index in [4.69, 9.17) is 15.0 Å². The summed E-state index contributed by atoms with van der Waals surface area (Å²) in [5.74, 6) is 1.95. The molecule has 0 bridgehead atoms. The van der Waals surface area contributed by atoms with Crippen molar-refractivity contribution < 1.29 is 0 Å². The van der Waals surface area contributed by atoms with Gasteiger partial charge in [-0.2, -0.15) is 0 Å². The molecule has 5 heteroatoms.